The van der Waals surface area contributed by atoms with E-state index < -0.39 is 5.97 Å². The van der Waals surface area contributed by atoms with E-state index in [0.29, 0.717) is 28.3 Å². The van der Waals surface area contributed by atoms with Gasteiger partial charge in [0.2, 0.25) is 5.89 Å². The second kappa shape index (κ2) is 6.80. The van der Waals surface area contributed by atoms with Crippen LogP contribution in [0.4, 0.5) is 4.39 Å². The van der Waals surface area contributed by atoms with E-state index in [9.17, 15) is 9.18 Å². The van der Waals surface area contributed by atoms with Gasteiger partial charge in [0.05, 0.1) is 6.42 Å². The predicted octanol–water partition coefficient (Wildman–Crippen LogP) is 4.78. The van der Waals surface area contributed by atoms with E-state index in [4.69, 9.17) is 9.15 Å². The van der Waals surface area contributed by atoms with Gasteiger partial charge in [-0.1, -0.05) is 30.3 Å². The number of hydrogen-bond acceptors (Lipinski definition) is 4. The smallest absolute Gasteiger partial charge is 0.315 e. The molecule has 0 fully saturated rings. The Balaban J connectivity index is 1.52. The zero-order chi connectivity index (χ0) is 17.9. The highest BCUT2D eigenvalue weighted by molar-refractivity contribution is 5.80. The van der Waals surface area contributed by atoms with Crippen molar-refractivity contribution in [2.45, 2.75) is 6.42 Å². The van der Waals surface area contributed by atoms with E-state index in [2.05, 4.69) is 4.98 Å². The van der Waals surface area contributed by atoms with Gasteiger partial charge in [-0.3, -0.25) is 4.79 Å². The summed E-state index contributed by atoms with van der Waals surface area (Å²) < 4.78 is 24.0. The molecule has 0 aliphatic rings. The molecule has 0 bridgehead atoms. The largest absolute Gasteiger partial charge is 0.436 e. The molecule has 3 aromatic carbocycles. The van der Waals surface area contributed by atoms with Crippen molar-refractivity contribution in [1.82, 2.24) is 4.98 Å². The fourth-order valence-corrected chi connectivity index (χ4v) is 2.61. The van der Waals surface area contributed by atoms with Crippen LogP contribution >= 0.6 is 0 Å². The Morgan fingerprint density at radius 1 is 1.00 bits per heavy atom. The van der Waals surface area contributed by atoms with Gasteiger partial charge in [-0.15, -0.1) is 0 Å². The molecule has 0 unspecified atom stereocenters. The molecule has 4 rings (SSSR count). The summed E-state index contributed by atoms with van der Waals surface area (Å²) in [6.45, 7) is 0. The number of hydrogen-bond donors (Lipinski definition) is 0. The van der Waals surface area contributed by atoms with Crippen LogP contribution in [0.2, 0.25) is 0 Å². The molecule has 4 aromatic rings. The van der Waals surface area contributed by atoms with Crippen molar-refractivity contribution < 1.29 is 18.3 Å². The summed E-state index contributed by atoms with van der Waals surface area (Å²) >= 11 is 0. The van der Waals surface area contributed by atoms with Gasteiger partial charge in [-0.25, -0.2) is 9.37 Å². The quantitative estimate of drug-likeness (QED) is 0.394. The van der Waals surface area contributed by atoms with Crippen LogP contribution in [0.1, 0.15) is 5.56 Å². The summed E-state index contributed by atoms with van der Waals surface area (Å²) in [5.41, 5.74) is 2.78. The van der Waals surface area contributed by atoms with Gasteiger partial charge in [0.25, 0.3) is 0 Å². The van der Waals surface area contributed by atoms with E-state index >= 15 is 0 Å². The number of esters is 1. The van der Waals surface area contributed by atoms with Gasteiger partial charge in [0.1, 0.15) is 17.1 Å². The van der Waals surface area contributed by atoms with Crippen molar-refractivity contribution in [2.24, 2.45) is 0 Å². The Morgan fingerprint density at radius 3 is 2.54 bits per heavy atom. The normalized spacial score (nSPS) is 10.8. The molecule has 0 N–H and O–H groups in total. The lowest BCUT2D eigenvalue weighted by Gasteiger charge is -2.04. The third kappa shape index (κ3) is 3.47. The summed E-state index contributed by atoms with van der Waals surface area (Å²) in [7, 11) is 0. The number of carbonyl (C=O) groups is 1. The molecule has 0 aliphatic carbocycles. The third-order valence-corrected chi connectivity index (χ3v) is 3.87. The zero-order valence-corrected chi connectivity index (χ0v) is 13.7. The summed E-state index contributed by atoms with van der Waals surface area (Å²) in [6, 6.07) is 20.4. The van der Waals surface area contributed by atoms with Crippen LogP contribution in [-0.4, -0.2) is 11.0 Å². The van der Waals surface area contributed by atoms with Crippen molar-refractivity contribution in [1.29, 1.82) is 0 Å². The number of aromatic nitrogens is 1. The summed E-state index contributed by atoms with van der Waals surface area (Å²) in [5, 5.41) is 0. The van der Waals surface area contributed by atoms with Gasteiger partial charge >= 0.3 is 5.97 Å². The van der Waals surface area contributed by atoms with Crippen LogP contribution in [0.3, 0.4) is 0 Å². The summed E-state index contributed by atoms with van der Waals surface area (Å²) in [6.07, 6.45) is 0.0595. The molecular formula is C21H14FNO3. The van der Waals surface area contributed by atoms with Crippen molar-refractivity contribution in [3.05, 3.63) is 84.2 Å². The van der Waals surface area contributed by atoms with E-state index in [0.717, 1.165) is 5.56 Å². The van der Waals surface area contributed by atoms with Crippen LogP contribution < -0.4 is 4.74 Å². The maximum atomic E-state index is 12.9. The summed E-state index contributed by atoms with van der Waals surface area (Å²) in [5.74, 6) is 0.113. The van der Waals surface area contributed by atoms with Crippen molar-refractivity contribution in [3.8, 4) is 17.2 Å². The first-order chi connectivity index (χ1) is 12.7. The van der Waals surface area contributed by atoms with Crippen LogP contribution in [0, 0.1) is 5.82 Å². The van der Waals surface area contributed by atoms with Gasteiger partial charge < -0.3 is 9.15 Å². The molecule has 0 saturated carbocycles. The minimum absolute atomic E-state index is 0.0595. The number of nitrogens with zero attached hydrogens (tertiary/aromatic N) is 1. The van der Waals surface area contributed by atoms with Crippen LogP contribution in [0.25, 0.3) is 22.6 Å². The average molecular weight is 347 g/mol. The zero-order valence-electron chi connectivity index (χ0n) is 13.7. The predicted molar refractivity (Wildman–Crippen MR) is 95.2 cm³/mol. The minimum atomic E-state index is -0.432. The molecule has 1 heterocycles. The molecule has 0 saturated heterocycles. The highest BCUT2D eigenvalue weighted by atomic mass is 19.1. The average Bonchev–Trinajstić information content (AvgIpc) is 3.08. The van der Waals surface area contributed by atoms with E-state index in [1.165, 1.54) is 12.1 Å². The van der Waals surface area contributed by atoms with E-state index in [1.54, 1.807) is 30.3 Å². The van der Waals surface area contributed by atoms with Crippen LogP contribution in [0.15, 0.2) is 77.2 Å². The number of benzene rings is 3. The highest BCUT2D eigenvalue weighted by Gasteiger charge is 2.11. The highest BCUT2D eigenvalue weighted by Crippen LogP contribution is 2.27. The molecule has 0 aliphatic heterocycles. The number of ether oxygens (including phenoxy) is 1. The Hall–Kier alpha value is -3.47. The standard InChI is InChI=1S/C21H14FNO3/c22-16-8-6-14(7-9-16)12-20(24)25-17-10-11-18-19(13-17)26-21(23-18)15-4-2-1-3-5-15/h1-11,13H,12H2. The fourth-order valence-electron chi connectivity index (χ4n) is 2.61. The molecule has 4 nitrogen and oxygen atoms in total. The molecule has 26 heavy (non-hydrogen) atoms. The third-order valence-electron chi connectivity index (χ3n) is 3.87. The van der Waals surface area contributed by atoms with Crippen LogP contribution in [-0.2, 0) is 11.2 Å². The topological polar surface area (TPSA) is 52.3 Å². The molecule has 0 atom stereocenters. The van der Waals surface area contributed by atoms with Gasteiger partial charge in [0, 0.05) is 11.6 Å². The van der Waals surface area contributed by atoms with Crippen molar-refractivity contribution >= 4 is 17.1 Å². The lowest BCUT2D eigenvalue weighted by molar-refractivity contribution is -0.133. The van der Waals surface area contributed by atoms with Crippen molar-refractivity contribution in [3.63, 3.8) is 0 Å². The van der Waals surface area contributed by atoms with Gasteiger partial charge in [-0.05, 0) is 42.0 Å². The Morgan fingerprint density at radius 2 is 1.77 bits per heavy atom. The molecule has 0 amide bonds. The van der Waals surface area contributed by atoms with Gasteiger partial charge in [0.15, 0.2) is 5.58 Å². The first-order valence-electron chi connectivity index (χ1n) is 8.08. The maximum absolute atomic E-state index is 12.9. The first-order valence-corrected chi connectivity index (χ1v) is 8.08. The molecule has 0 spiro atoms. The van der Waals surface area contributed by atoms with E-state index in [-0.39, 0.29) is 12.2 Å². The molecule has 1 aromatic heterocycles. The summed E-state index contributed by atoms with van der Waals surface area (Å²) in [4.78, 5) is 16.5. The number of fused-ring (bicyclic) bond motifs is 1. The Kier molecular flexibility index (Phi) is 4.19. The number of halogens is 1. The molecule has 0 radical (unpaired) electrons. The van der Waals surface area contributed by atoms with Crippen molar-refractivity contribution in [2.75, 3.05) is 0 Å². The Bertz CT molecular complexity index is 1060. The molecule has 5 heteroatoms. The van der Waals surface area contributed by atoms with E-state index in [1.807, 2.05) is 30.3 Å². The SMILES string of the molecule is O=C(Cc1ccc(F)cc1)Oc1ccc2nc(-c3ccccc3)oc2c1. The first kappa shape index (κ1) is 16.0. The maximum Gasteiger partial charge on any atom is 0.315 e. The second-order valence-electron chi connectivity index (χ2n) is 5.79. The lowest BCUT2D eigenvalue weighted by atomic mass is 10.1. The fraction of sp³-hybridized carbons (Fsp3) is 0.0476. The molecular weight excluding hydrogens is 333 g/mol. The molecule has 128 valence electrons. The number of carbonyl (C=O) groups excluding carboxylic acids is 1. The second-order valence-corrected chi connectivity index (χ2v) is 5.79. The Labute approximate surface area is 148 Å². The minimum Gasteiger partial charge on any atom is -0.436 e. The van der Waals surface area contributed by atoms with Gasteiger partial charge in [-0.2, -0.15) is 0 Å². The van der Waals surface area contributed by atoms with Crippen LogP contribution in [0.5, 0.6) is 5.75 Å². The lowest BCUT2D eigenvalue weighted by Crippen LogP contribution is -2.11. The number of rotatable bonds is 4. The monoisotopic (exact) mass is 347 g/mol. The number of oxazole rings is 1.